The summed E-state index contributed by atoms with van der Waals surface area (Å²) in [5, 5.41) is 12.3. The Morgan fingerprint density at radius 2 is 1.53 bits per heavy atom. The number of carbonyl (C=O) groups is 2. The Morgan fingerprint density at radius 1 is 0.944 bits per heavy atom. The van der Waals surface area contributed by atoms with Gasteiger partial charge in [-0.25, -0.2) is 9.59 Å². The molecule has 0 unspecified atom stereocenters. The molecule has 1 aliphatic carbocycles. The monoisotopic (exact) mass is 484 g/mol. The van der Waals surface area contributed by atoms with E-state index in [0.717, 1.165) is 53.7 Å². The molecular weight excluding hydrogens is 452 g/mol. The van der Waals surface area contributed by atoms with Crippen molar-refractivity contribution in [3.8, 4) is 11.1 Å². The predicted molar refractivity (Wildman–Crippen MR) is 139 cm³/mol. The third kappa shape index (κ3) is 5.14. The van der Waals surface area contributed by atoms with Crippen LogP contribution in [0, 0.1) is 0 Å². The van der Waals surface area contributed by atoms with E-state index in [9.17, 15) is 14.7 Å². The second kappa shape index (κ2) is 10.5. The zero-order chi connectivity index (χ0) is 25.1. The fraction of sp³-hybridized carbons (Fsp3) is 0.333. The molecule has 0 radical (unpaired) electrons. The van der Waals surface area contributed by atoms with Crippen molar-refractivity contribution in [2.45, 2.75) is 37.1 Å². The van der Waals surface area contributed by atoms with Crippen molar-refractivity contribution in [2.24, 2.45) is 0 Å². The van der Waals surface area contributed by atoms with Crippen LogP contribution >= 0.6 is 0 Å². The number of hydrogen-bond acceptors (Lipinski definition) is 4. The molecule has 1 atom stereocenters. The fourth-order valence-electron chi connectivity index (χ4n) is 5.49. The smallest absolute Gasteiger partial charge is 0.407 e. The first-order valence-corrected chi connectivity index (χ1v) is 12.6. The van der Waals surface area contributed by atoms with E-state index in [2.05, 4.69) is 53.7 Å². The first-order valence-electron chi connectivity index (χ1n) is 12.6. The molecule has 6 heteroatoms. The summed E-state index contributed by atoms with van der Waals surface area (Å²) in [6, 6.07) is 23.3. The molecule has 2 N–H and O–H groups in total. The molecule has 2 aliphatic rings. The van der Waals surface area contributed by atoms with Crippen LogP contribution in [0.15, 0.2) is 72.8 Å². The van der Waals surface area contributed by atoms with Gasteiger partial charge in [-0.1, -0.05) is 72.8 Å². The molecule has 3 aromatic carbocycles. The number of aliphatic carboxylic acids is 1. The summed E-state index contributed by atoms with van der Waals surface area (Å²) in [5.74, 6) is -0.606. The van der Waals surface area contributed by atoms with Gasteiger partial charge < -0.3 is 20.1 Å². The highest BCUT2D eigenvalue weighted by Crippen LogP contribution is 2.44. The molecule has 6 nitrogen and oxygen atoms in total. The van der Waals surface area contributed by atoms with E-state index in [1.807, 2.05) is 36.4 Å². The topological polar surface area (TPSA) is 78.9 Å². The van der Waals surface area contributed by atoms with Crippen molar-refractivity contribution in [1.82, 2.24) is 10.2 Å². The normalized spacial score (nSPS) is 16.7. The van der Waals surface area contributed by atoms with Gasteiger partial charge in [0.1, 0.15) is 12.6 Å². The van der Waals surface area contributed by atoms with Gasteiger partial charge >= 0.3 is 12.1 Å². The molecule has 36 heavy (non-hydrogen) atoms. The maximum absolute atomic E-state index is 12.6. The Hall–Kier alpha value is -3.64. The number of carbonyl (C=O) groups excluding carboxylic acids is 1. The van der Waals surface area contributed by atoms with Crippen LogP contribution < -0.4 is 5.32 Å². The minimum absolute atomic E-state index is 0.0708. The Bertz CT molecular complexity index is 1190. The summed E-state index contributed by atoms with van der Waals surface area (Å²) < 4.78 is 5.55. The molecule has 0 aromatic heterocycles. The molecule has 1 saturated heterocycles. The van der Waals surface area contributed by atoms with Crippen LogP contribution in [0.3, 0.4) is 0 Å². The maximum atomic E-state index is 12.6. The lowest BCUT2D eigenvalue weighted by Gasteiger charge is -2.29. The number of hydrogen-bond donors (Lipinski definition) is 2. The minimum atomic E-state index is -1.08. The first kappa shape index (κ1) is 24.1. The molecule has 1 amide bonds. The van der Waals surface area contributed by atoms with E-state index in [-0.39, 0.29) is 18.9 Å². The van der Waals surface area contributed by atoms with E-state index in [0.29, 0.717) is 5.92 Å². The average molecular weight is 485 g/mol. The zero-order valence-electron chi connectivity index (χ0n) is 20.5. The van der Waals surface area contributed by atoms with Gasteiger partial charge in [0, 0.05) is 12.3 Å². The standard InChI is InChI=1S/C30H32N2O4/c1-32-16-14-22(15-17-32)21-12-10-20(11-13-21)18-28(29(33)34)31-30(35)36-19-27-25-8-4-2-6-23(25)24-7-3-5-9-26(24)27/h2-13,22,27-28H,14-19H2,1H3,(H,31,35)(H,33,34)/t28-/m0/s1. The Kier molecular flexibility index (Phi) is 7.05. The summed E-state index contributed by atoms with van der Waals surface area (Å²) >= 11 is 0. The number of amides is 1. The van der Waals surface area contributed by atoms with E-state index in [1.54, 1.807) is 0 Å². The minimum Gasteiger partial charge on any atom is -0.480 e. The first-order chi connectivity index (χ1) is 17.5. The Balaban J connectivity index is 1.19. The van der Waals surface area contributed by atoms with Gasteiger partial charge in [0.2, 0.25) is 0 Å². The maximum Gasteiger partial charge on any atom is 0.407 e. The van der Waals surface area contributed by atoms with Crippen LogP contribution in [0.4, 0.5) is 4.79 Å². The number of rotatable bonds is 7. The zero-order valence-corrected chi connectivity index (χ0v) is 20.5. The van der Waals surface area contributed by atoms with E-state index >= 15 is 0 Å². The molecule has 0 spiro atoms. The predicted octanol–water partition coefficient (Wildman–Crippen LogP) is 5.03. The van der Waals surface area contributed by atoms with Crippen LogP contribution in [0.5, 0.6) is 0 Å². The molecular formula is C30H32N2O4. The third-order valence-electron chi connectivity index (χ3n) is 7.54. The van der Waals surface area contributed by atoms with Gasteiger partial charge in [-0.3, -0.25) is 0 Å². The molecule has 1 fully saturated rings. The van der Waals surface area contributed by atoms with Crippen molar-refractivity contribution in [3.63, 3.8) is 0 Å². The summed E-state index contributed by atoms with van der Waals surface area (Å²) in [5.41, 5.74) is 6.70. The molecule has 1 aliphatic heterocycles. The van der Waals surface area contributed by atoms with E-state index < -0.39 is 18.1 Å². The van der Waals surface area contributed by atoms with Gasteiger partial charge in [-0.15, -0.1) is 0 Å². The van der Waals surface area contributed by atoms with Crippen LogP contribution in [0.1, 0.15) is 46.9 Å². The number of nitrogens with zero attached hydrogens (tertiary/aromatic N) is 1. The second-order valence-corrected chi connectivity index (χ2v) is 9.88. The largest absolute Gasteiger partial charge is 0.480 e. The second-order valence-electron chi connectivity index (χ2n) is 9.88. The number of ether oxygens (including phenoxy) is 1. The van der Waals surface area contributed by atoms with Gasteiger partial charge in [-0.05, 0) is 72.3 Å². The summed E-state index contributed by atoms with van der Waals surface area (Å²) in [6.45, 7) is 2.34. The van der Waals surface area contributed by atoms with Crippen LogP contribution in [-0.2, 0) is 16.0 Å². The quantitative estimate of drug-likeness (QED) is 0.492. The molecule has 3 aromatic rings. The van der Waals surface area contributed by atoms with Crippen LogP contribution in [-0.4, -0.2) is 54.9 Å². The van der Waals surface area contributed by atoms with E-state index in [4.69, 9.17) is 4.74 Å². The molecule has 186 valence electrons. The van der Waals surface area contributed by atoms with Crippen molar-refractivity contribution >= 4 is 12.1 Å². The van der Waals surface area contributed by atoms with Crippen molar-refractivity contribution in [3.05, 3.63) is 95.1 Å². The number of nitrogens with one attached hydrogen (secondary N) is 1. The Labute approximate surface area is 211 Å². The third-order valence-corrected chi connectivity index (χ3v) is 7.54. The number of fused-ring (bicyclic) bond motifs is 3. The van der Waals surface area contributed by atoms with Gasteiger partial charge in [0.25, 0.3) is 0 Å². The number of alkyl carbamates (subject to hydrolysis) is 1. The molecule has 1 heterocycles. The van der Waals surface area contributed by atoms with Gasteiger partial charge in [0.15, 0.2) is 0 Å². The van der Waals surface area contributed by atoms with Gasteiger partial charge in [0.05, 0.1) is 0 Å². The average Bonchev–Trinajstić information content (AvgIpc) is 3.22. The summed E-state index contributed by atoms with van der Waals surface area (Å²) in [4.78, 5) is 26.9. The number of piperidine rings is 1. The lowest BCUT2D eigenvalue weighted by Crippen LogP contribution is -2.42. The number of carboxylic acid groups (broad SMARTS) is 1. The van der Waals surface area contributed by atoms with Crippen molar-refractivity contribution in [1.29, 1.82) is 0 Å². The van der Waals surface area contributed by atoms with Crippen LogP contribution in [0.25, 0.3) is 11.1 Å². The SMILES string of the molecule is CN1CCC(c2ccc(C[C@H](NC(=O)OCC3c4ccccc4-c4ccccc43)C(=O)O)cc2)CC1. The number of likely N-dealkylation sites (tertiary alicyclic amines) is 1. The summed E-state index contributed by atoms with van der Waals surface area (Å²) in [6.07, 6.45) is 1.76. The molecule has 5 rings (SSSR count). The van der Waals surface area contributed by atoms with Crippen molar-refractivity contribution < 1.29 is 19.4 Å². The lowest BCUT2D eigenvalue weighted by molar-refractivity contribution is -0.139. The molecule has 0 bridgehead atoms. The summed E-state index contributed by atoms with van der Waals surface area (Å²) in [7, 11) is 2.15. The number of carboxylic acids is 1. The van der Waals surface area contributed by atoms with Crippen LogP contribution in [0.2, 0.25) is 0 Å². The Morgan fingerprint density at radius 3 is 2.11 bits per heavy atom. The van der Waals surface area contributed by atoms with E-state index in [1.165, 1.54) is 5.56 Å². The fourth-order valence-corrected chi connectivity index (χ4v) is 5.49. The highest BCUT2D eigenvalue weighted by atomic mass is 16.5. The van der Waals surface area contributed by atoms with Gasteiger partial charge in [-0.2, -0.15) is 0 Å². The van der Waals surface area contributed by atoms with Crippen molar-refractivity contribution in [2.75, 3.05) is 26.7 Å². The highest BCUT2D eigenvalue weighted by Gasteiger charge is 2.30. The molecule has 0 saturated carbocycles. The number of benzene rings is 3. The lowest BCUT2D eigenvalue weighted by atomic mass is 9.89. The highest BCUT2D eigenvalue weighted by molar-refractivity contribution is 5.81.